The van der Waals surface area contributed by atoms with Gasteiger partial charge >= 0.3 is 0 Å². The van der Waals surface area contributed by atoms with Crippen LogP contribution in [0.1, 0.15) is 34.4 Å². The average molecular weight is 403 g/mol. The number of hydrogen-bond acceptors (Lipinski definition) is 4. The van der Waals surface area contributed by atoms with Gasteiger partial charge in [-0.25, -0.2) is 0 Å². The average Bonchev–Trinajstić information content (AvgIpc) is 3.10. The largest absolute Gasteiger partial charge is 0.484 e. The van der Waals surface area contributed by atoms with E-state index in [2.05, 4.69) is 42.6 Å². The van der Waals surface area contributed by atoms with E-state index in [0.29, 0.717) is 16.3 Å². The van der Waals surface area contributed by atoms with Crippen molar-refractivity contribution in [2.24, 2.45) is 0 Å². The molecule has 0 radical (unpaired) electrons. The number of benzene rings is 2. The first kappa shape index (κ1) is 19.2. The van der Waals surface area contributed by atoms with Crippen molar-refractivity contribution in [2.75, 3.05) is 11.9 Å². The van der Waals surface area contributed by atoms with Crippen LogP contribution in [-0.2, 0) is 17.6 Å². The number of nitrogens with one attached hydrogen (secondary N) is 1. The molecule has 4 nitrogen and oxygen atoms in total. The van der Waals surface area contributed by atoms with E-state index in [1.54, 1.807) is 0 Å². The molecule has 1 heterocycles. The third-order valence-corrected chi connectivity index (χ3v) is 6.35. The number of ether oxygens (including phenoxy) is 1. The van der Waals surface area contributed by atoms with Crippen LogP contribution in [0.3, 0.4) is 0 Å². The van der Waals surface area contributed by atoms with Gasteiger partial charge in [0.05, 0.1) is 5.56 Å². The molecule has 1 aliphatic carbocycles. The Bertz CT molecular complexity index is 1060. The highest BCUT2D eigenvalue weighted by atomic mass is 32.1. The van der Waals surface area contributed by atoms with Crippen LogP contribution in [0, 0.1) is 18.3 Å². The first-order valence-corrected chi connectivity index (χ1v) is 10.6. The summed E-state index contributed by atoms with van der Waals surface area (Å²) in [6.45, 7) is 1.98. The van der Waals surface area contributed by atoms with Crippen LogP contribution < -0.4 is 10.1 Å². The van der Waals surface area contributed by atoms with E-state index in [1.165, 1.54) is 21.8 Å². The van der Waals surface area contributed by atoms with Crippen molar-refractivity contribution in [1.29, 1.82) is 5.26 Å². The topological polar surface area (TPSA) is 62.1 Å². The number of amides is 1. The number of carbonyl (C=O) groups excluding carboxylic acids is 1. The number of fused-ring (bicyclic) bond motifs is 1. The van der Waals surface area contributed by atoms with Gasteiger partial charge in [0.1, 0.15) is 16.8 Å². The van der Waals surface area contributed by atoms with Crippen molar-refractivity contribution in [3.63, 3.8) is 0 Å². The molecule has 1 amide bonds. The molecule has 0 saturated carbocycles. The molecule has 2 aromatic carbocycles. The molecular weight excluding hydrogens is 380 g/mol. The van der Waals surface area contributed by atoms with Crippen LogP contribution in [0.5, 0.6) is 5.75 Å². The van der Waals surface area contributed by atoms with Crippen molar-refractivity contribution < 1.29 is 9.53 Å². The number of hydrogen-bond donors (Lipinski definition) is 1. The van der Waals surface area contributed by atoms with Crippen LogP contribution in [0.4, 0.5) is 5.00 Å². The summed E-state index contributed by atoms with van der Waals surface area (Å²) in [4.78, 5) is 13.6. The number of nitrogens with zero attached hydrogens (tertiary/aromatic N) is 1. The standard InChI is InChI=1S/C24H22N2O2S/c1-16-6-8-17(9-7-16)18-10-12-19(13-11-18)28-15-23(27)26-24-21(14-25)20-4-2-3-5-22(20)29-24/h6-13H,2-5,15H2,1H3,(H,26,27). The van der Waals surface area contributed by atoms with Gasteiger partial charge in [0.15, 0.2) is 6.61 Å². The van der Waals surface area contributed by atoms with Gasteiger partial charge in [-0.15, -0.1) is 11.3 Å². The lowest BCUT2D eigenvalue weighted by Gasteiger charge is -2.09. The molecule has 0 spiro atoms. The lowest BCUT2D eigenvalue weighted by Crippen LogP contribution is -2.20. The molecule has 0 fully saturated rings. The predicted molar refractivity (Wildman–Crippen MR) is 116 cm³/mol. The van der Waals surface area contributed by atoms with Crippen molar-refractivity contribution in [3.05, 3.63) is 70.1 Å². The maximum Gasteiger partial charge on any atom is 0.262 e. The van der Waals surface area contributed by atoms with E-state index in [4.69, 9.17) is 4.74 Å². The van der Waals surface area contributed by atoms with Crippen LogP contribution in [0.25, 0.3) is 11.1 Å². The fourth-order valence-electron chi connectivity index (χ4n) is 3.57. The van der Waals surface area contributed by atoms with Crippen LogP contribution >= 0.6 is 11.3 Å². The van der Waals surface area contributed by atoms with Gasteiger partial charge in [-0.05, 0) is 61.4 Å². The molecule has 5 heteroatoms. The fourth-order valence-corrected chi connectivity index (χ4v) is 4.83. The smallest absolute Gasteiger partial charge is 0.262 e. The van der Waals surface area contributed by atoms with E-state index >= 15 is 0 Å². The van der Waals surface area contributed by atoms with E-state index < -0.39 is 0 Å². The van der Waals surface area contributed by atoms with Crippen LogP contribution in [0.15, 0.2) is 48.5 Å². The van der Waals surface area contributed by atoms with Gasteiger partial charge in [0, 0.05) is 4.88 Å². The van der Waals surface area contributed by atoms with Crippen LogP contribution in [-0.4, -0.2) is 12.5 Å². The molecule has 0 unspecified atom stereocenters. The molecule has 0 atom stereocenters. The number of nitriles is 1. The number of aryl methyl sites for hydroxylation is 2. The summed E-state index contributed by atoms with van der Waals surface area (Å²) in [5.74, 6) is 0.393. The Hall–Kier alpha value is -3.10. The third kappa shape index (κ3) is 4.33. The molecule has 29 heavy (non-hydrogen) atoms. The minimum Gasteiger partial charge on any atom is -0.484 e. The van der Waals surface area contributed by atoms with Gasteiger partial charge in [-0.3, -0.25) is 4.79 Å². The van der Waals surface area contributed by atoms with Crippen molar-refractivity contribution in [3.8, 4) is 22.9 Å². The number of thiophene rings is 1. The Balaban J connectivity index is 1.37. The second kappa shape index (κ2) is 8.50. The third-order valence-electron chi connectivity index (χ3n) is 5.15. The van der Waals surface area contributed by atoms with E-state index in [1.807, 2.05) is 24.3 Å². The minimum atomic E-state index is -0.247. The Morgan fingerprint density at radius 3 is 2.41 bits per heavy atom. The van der Waals surface area contributed by atoms with Crippen molar-refractivity contribution in [1.82, 2.24) is 0 Å². The zero-order chi connectivity index (χ0) is 20.2. The number of rotatable bonds is 5. The van der Waals surface area contributed by atoms with E-state index in [9.17, 15) is 10.1 Å². The van der Waals surface area contributed by atoms with Crippen molar-refractivity contribution in [2.45, 2.75) is 32.6 Å². The molecule has 146 valence electrons. The van der Waals surface area contributed by atoms with E-state index in [-0.39, 0.29) is 12.5 Å². The van der Waals surface area contributed by atoms with Crippen LogP contribution in [0.2, 0.25) is 0 Å². The molecular formula is C24H22N2O2S. The summed E-state index contributed by atoms with van der Waals surface area (Å²) in [5, 5.41) is 13.0. The summed E-state index contributed by atoms with van der Waals surface area (Å²) in [6, 6.07) is 18.3. The Labute approximate surface area is 174 Å². The maximum absolute atomic E-state index is 12.3. The monoisotopic (exact) mass is 402 g/mol. The Morgan fingerprint density at radius 2 is 1.72 bits per heavy atom. The highest BCUT2D eigenvalue weighted by Gasteiger charge is 2.21. The highest BCUT2D eigenvalue weighted by molar-refractivity contribution is 7.16. The predicted octanol–water partition coefficient (Wildman–Crippen LogP) is 5.49. The molecule has 1 aliphatic rings. The lowest BCUT2D eigenvalue weighted by atomic mass is 9.96. The summed E-state index contributed by atoms with van der Waals surface area (Å²) >= 11 is 1.53. The Kier molecular flexibility index (Phi) is 5.64. The van der Waals surface area contributed by atoms with E-state index in [0.717, 1.165) is 42.4 Å². The second-order valence-corrected chi connectivity index (χ2v) is 8.36. The molecule has 1 aromatic heterocycles. The first-order valence-electron chi connectivity index (χ1n) is 9.78. The van der Waals surface area contributed by atoms with Gasteiger partial charge in [-0.1, -0.05) is 42.0 Å². The van der Waals surface area contributed by atoms with Gasteiger partial charge < -0.3 is 10.1 Å². The Morgan fingerprint density at radius 1 is 1.07 bits per heavy atom. The zero-order valence-electron chi connectivity index (χ0n) is 16.3. The lowest BCUT2D eigenvalue weighted by molar-refractivity contribution is -0.118. The summed E-state index contributed by atoms with van der Waals surface area (Å²) < 4.78 is 5.64. The SMILES string of the molecule is Cc1ccc(-c2ccc(OCC(=O)Nc3sc4c(c3C#N)CCCC4)cc2)cc1. The van der Waals surface area contributed by atoms with Crippen molar-refractivity contribution >= 4 is 22.2 Å². The number of anilines is 1. The first-order chi connectivity index (χ1) is 14.1. The zero-order valence-corrected chi connectivity index (χ0v) is 17.1. The normalized spacial score (nSPS) is 12.7. The molecule has 3 aromatic rings. The summed E-state index contributed by atoms with van der Waals surface area (Å²) in [5.41, 5.74) is 5.22. The summed E-state index contributed by atoms with van der Waals surface area (Å²) in [6.07, 6.45) is 4.17. The van der Waals surface area contributed by atoms with Gasteiger partial charge in [0.2, 0.25) is 0 Å². The fraction of sp³-hybridized carbons (Fsp3) is 0.250. The molecule has 0 saturated heterocycles. The minimum absolute atomic E-state index is 0.0860. The molecule has 0 bridgehead atoms. The highest BCUT2D eigenvalue weighted by Crippen LogP contribution is 2.37. The maximum atomic E-state index is 12.3. The van der Waals surface area contributed by atoms with Gasteiger partial charge in [-0.2, -0.15) is 5.26 Å². The number of carbonyl (C=O) groups is 1. The van der Waals surface area contributed by atoms with Gasteiger partial charge in [0.25, 0.3) is 5.91 Å². The summed E-state index contributed by atoms with van der Waals surface area (Å²) in [7, 11) is 0. The molecule has 1 N–H and O–H groups in total. The second-order valence-electron chi connectivity index (χ2n) is 7.25. The molecule has 0 aliphatic heterocycles. The molecule has 4 rings (SSSR count). The quantitative estimate of drug-likeness (QED) is 0.614.